The molecule has 2 atom stereocenters. The summed E-state index contributed by atoms with van der Waals surface area (Å²) in [5, 5.41) is 3.15. The summed E-state index contributed by atoms with van der Waals surface area (Å²) in [6, 6.07) is 12.5. The number of hydrogen-bond acceptors (Lipinski definition) is 4. The van der Waals surface area contributed by atoms with Gasteiger partial charge in [0.05, 0.1) is 17.4 Å². The average molecular weight is 474 g/mol. The molecular weight excluding hydrogens is 450 g/mol. The van der Waals surface area contributed by atoms with Gasteiger partial charge in [-0.15, -0.1) is 0 Å². The van der Waals surface area contributed by atoms with E-state index in [1.807, 2.05) is 19.1 Å². The lowest BCUT2D eigenvalue weighted by molar-refractivity contribution is -0.136. The van der Waals surface area contributed by atoms with Gasteiger partial charge in [0.2, 0.25) is 11.8 Å². The molecule has 0 bridgehead atoms. The zero-order valence-electron chi connectivity index (χ0n) is 17.6. The fourth-order valence-electron chi connectivity index (χ4n) is 4.15. The maximum atomic E-state index is 13.2. The molecule has 32 heavy (non-hydrogen) atoms. The van der Waals surface area contributed by atoms with Crippen LogP contribution in [0.1, 0.15) is 36.4 Å². The van der Waals surface area contributed by atoms with E-state index in [0.29, 0.717) is 11.6 Å². The fraction of sp³-hybridized carbons (Fsp3) is 0.304. The van der Waals surface area contributed by atoms with Gasteiger partial charge in [0.1, 0.15) is 6.04 Å². The smallest absolute Gasteiger partial charge is 0.264 e. The van der Waals surface area contributed by atoms with E-state index in [1.165, 1.54) is 24.5 Å². The molecule has 2 aromatic carbocycles. The van der Waals surface area contributed by atoms with E-state index in [9.17, 15) is 18.0 Å². The molecule has 2 aromatic rings. The highest BCUT2D eigenvalue weighted by atomic mass is 35.5. The van der Waals surface area contributed by atoms with Gasteiger partial charge >= 0.3 is 0 Å². The van der Waals surface area contributed by atoms with Crippen molar-refractivity contribution in [1.82, 2.24) is 14.5 Å². The van der Waals surface area contributed by atoms with Crippen LogP contribution in [0.3, 0.4) is 0 Å². The fourth-order valence-corrected chi connectivity index (χ4v) is 5.73. The summed E-state index contributed by atoms with van der Waals surface area (Å²) in [6.07, 6.45) is 3.97. The summed E-state index contributed by atoms with van der Waals surface area (Å²) in [6.45, 7) is 2.42. The molecule has 1 unspecified atom stereocenters. The molecule has 0 spiro atoms. The SMILES string of the molecule is Cc1ccc(S(=O)(=O)N2C=CNC(=O)[C@H]2CC(=O)N2CCCC2c2ccc(Cl)cc2)cc1. The summed E-state index contributed by atoms with van der Waals surface area (Å²) < 4.78 is 27.5. The summed E-state index contributed by atoms with van der Waals surface area (Å²) in [5.74, 6) is -0.791. The molecule has 7 nitrogen and oxygen atoms in total. The zero-order valence-corrected chi connectivity index (χ0v) is 19.1. The van der Waals surface area contributed by atoms with Gasteiger partial charge in [-0.25, -0.2) is 8.42 Å². The molecule has 9 heteroatoms. The van der Waals surface area contributed by atoms with Crippen molar-refractivity contribution in [3.05, 3.63) is 77.1 Å². The number of carbonyl (C=O) groups is 2. The van der Waals surface area contributed by atoms with Crippen LogP contribution < -0.4 is 5.32 Å². The van der Waals surface area contributed by atoms with Crippen LogP contribution in [0.25, 0.3) is 0 Å². The van der Waals surface area contributed by atoms with Crippen LogP contribution in [0.5, 0.6) is 0 Å². The van der Waals surface area contributed by atoms with Gasteiger partial charge in [0.15, 0.2) is 0 Å². The van der Waals surface area contributed by atoms with Crippen LogP contribution in [0, 0.1) is 6.92 Å². The summed E-state index contributed by atoms with van der Waals surface area (Å²) in [4.78, 5) is 27.7. The molecule has 0 radical (unpaired) electrons. The Balaban J connectivity index is 1.57. The average Bonchev–Trinajstić information content (AvgIpc) is 3.26. The van der Waals surface area contributed by atoms with E-state index >= 15 is 0 Å². The third kappa shape index (κ3) is 4.38. The first-order chi connectivity index (χ1) is 15.3. The van der Waals surface area contributed by atoms with Crippen molar-refractivity contribution in [2.24, 2.45) is 0 Å². The minimum Gasteiger partial charge on any atom is -0.336 e. The number of nitrogens with one attached hydrogen (secondary N) is 1. The highest BCUT2D eigenvalue weighted by molar-refractivity contribution is 7.89. The van der Waals surface area contributed by atoms with Crippen molar-refractivity contribution in [3.8, 4) is 0 Å². The number of carbonyl (C=O) groups excluding carboxylic acids is 2. The van der Waals surface area contributed by atoms with Gasteiger partial charge in [0, 0.05) is 24.0 Å². The third-order valence-electron chi connectivity index (χ3n) is 5.85. The minimum absolute atomic E-state index is 0.0695. The number of halogens is 1. The predicted octanol–water partition coefficient (Wildman–Crippen LogP) is 3.36. The topological polar surface area (TPSA) is 86.8 Å². The maximum absolute atomic E-state index is 13.2. The van der Waals surface area contributed by atoms with Gasteiger partial charge in [-0.05, 0) is 49.6 Å². The van der Waals surface area contributed by atoms with Crippen molar-refractivity contribution in [2.75, 3.05) is 6.54 Å². The molecule has 2 aliphatic heterocycles. The van der Waals surface area contributed by atoms with Crippen LogP contribution in [-0.4, -0.2) is 42.0 Å². The molecule has 1 N–H and O–H groups in total. The van der Waals surface area contributed by atoms with E-state index in [-0.39, 0.29) is 23.3 Å². The highest BCUT2D eigenvalue weighted by Gasteiger charge is 2.39. The van der Waals surface area contributed by atoms with Gasteiger partial charge in [0.25, 0.3) is 10.0 Å². The first-order valence-corrected chi connectivity index (χ1v) is 12.2. The van der Waals surface area contributed by atoms with E-state index in [4.69, 9.17) is 11.6 Å². The monoisotopic (exact) mass is 473 g/mol. The van der Waals surface area contributed by atoms with E-state index in [1.54, 1.807) is 29.2 Å². The summed E-state index contributed by atoms with van der Waals surface area (Å²) in [7, 11) is -4.00. The molecule has 2 aliphatic rings. The van der Waals surface area contributed by atoms with Crippen molar-refractivity contribution in [3.63, 3.8) is 0 Å². The Labute approximate surface area is 192 Å². The number of nitrogens with zero attached hydrogens (tertiary/aromatic N) is 2. The van der Waals surface area contributed by atoms with Crippen molar-refractivity contribution in [2.45, 2.75) is 43.2 Å². The Morgan fingerprint density at radius 3 is 2.50 bits per heavy atom. The first kappa shape index (κ1) is 22.4. The number of likely N-dealkylation sites (tertiary alicyclic amines) is 1. The standard InChI is InChI=1S/C23H24ClN3O4S/c1-16-4-10-19(11-5-16)32(30,31)27-14-12-25-23(29)21(27)15-22(28)26-13-2-3-20(26)17-6-8-18(24)9-7-17/h4-12,14,20-21H,2-3,13,15H2,1H3,(H,25,29)/t20?,21-/m1/s1. The molecule has 0 aliphatic carbocycles. The number of sulfonamides is 1. The number of hydrogen-bond donors (Lipinski definition) is 1. The molecule has 168 valence electrons. The second-order valence-electron chi connectivity index (χ2n) is 7.99. The zero-order chi connectivity index (χ0) is 22.9. The molecule has 1 saturated heterocycles. The lowest BCUT2D eigenvalue weighted by Gasteiger charge is -2.33. The molecular formula is C23H24ClN3O4S. The molecule has 1 fully saturated rings. The second kappa shape index (κ2) is 8.96. The van der Waals surface area contributed by atoms with E-state index in [2.05, 4.69) is 5.32 Å². The lowest BCUT2D eigenvalue weighted by atomic mass is 10.0. The van der Waals surface area contributed by atoms with Gasteiger partial charge in [-0.1, -0.05) is 41.4 Å². The Morgan fingerprint density at radius 2 is 1.81 bits per heavy atom. The number of benzene rings is 2. The van der Waals surface area contributed by atoms with Crippen LogP contribution >= 0.6 is 11.6 Å². The predicted molar refractivity (Wildman–Crippen MR) is 121 cm³/mol. The molecule has 0 saturated carbocycles. The number of rotatable bonds is 5. The molecule has 0 aromatic heterocycles. The Morgan fingerprint density at radius 1 is 1.12 bits per heavy atom. The number of amides is 2. The molecule has 4 rings (SSSR count). The van der Waals surface area contributed by atoms with Gasteiger partial charge in [-0.3, -0.25) is 13.9 Å². The van der Waals surface area contributed by atoms with Crippen molar-refractivity contribution >= 4 is 33.4 Å². The quantitative estimate of drug-likeness (QED) is 0.721. The highest BCUT2D eigenvalue weighted by Crippen LogP contribution is 2.34. The van der Waals surface area contributed by atoms with Gasteiger partial charge < -0.3 is 10.2 Å². The Kier molecular flexibility index (Phi) is 6.26. The Bertz CT molecular complexity index is 1150. The molecule has 2 amide bonds. The number of aryl methyl sites for hydroxylation is 1. The lowest BCUT2D eigenvalue weighted by Crippen LogP contribution is -2.51. The normalized spacial score (nSPS) is 21.0. The van der Waals surface area contributed by atoms with Gasteiger partial charge in [-0.2, -0.15) is 0 Å². The second-order valence-corrected chi connectivity index (χ2v) is 10.3. The largest absolute Gasteiger partial charge is 0.336 e. The van der Waals surface area contributed by atoms with Crippen LogP contribution in [0.4, 0.5) is 0 Å². The maximum Gasteiger partial charge on any atom is 0.264 e. The molecule has 2 heterocycles. The summed E-state index contributed by atoms with van der Waals surface area (Å²) >= 11 is 5.99. The summed E-state index contributed by atoms with van der Waals surface area (Å²) in [5.41, 5.74) is 1.89. The first-order valence-electron chi connectivity index (χ1n) is 10.4. The van der Waals surface area contributed by atoms with Crippen LogP contribution in [-0.2, 0) is 19.6 Å². The van der Waals surface area contributed by atoms with Crippen molar-refractivity contribution < 1.29 is 18.0 Å². The van der Waals surface area contributed by atoms with E-state index < -0.39 is 22.0 Å². The minimum atomic E-state index is -4.00. The van der Waals surface area contributed by atoms with Crippen molar-refractivity contribution in [1.29, 1.82) is 0 Å². The van der Waals surface area contributed by atoms with Crippen LogP contribution in [0.2, 0.25) is 5.02 Å². The van der Waals surface area contributed by atoms with E-state index in [0.717, 1.165) is 28.3 Å². The third-order valence-corrected chi connectivity index (χ3v) is 7.90. The Hall–Kier alpha value is -2.84. The van der Waals surface area contributed by atoms with Crippen LogP contribution in [0.15, 0.2) is 65.8 Å².